The van der Waals surface area contributed by atoms with Crippen molar-refractivity contribution in [1.82, 2.24) is 19.9 Å². The molecule has 0 saturated heterocycles. The van der Waals surface area contributed by atoms with E-state index in [9.17, 15) is 46.5 Å². The first kappa shape index (κ1) is 61.5. The summed E-state index contributed by atoms with van der Waals surface area (Å²) in [5.41, 5.74) is 5.58. The first-order chi connectivity index (χ1) is 38.7. The molecule has 3 aliphatic carbocycles. The van der Waals surface area contributed by atoms with Crippen LogP contribution < -0.4 is 20.9 Å². The van der Waals surface area contributed by atoms with E-state index in [4.69, 9.17) is 45.1 Å². The number of aryl methyl sites for hydroxylation is 1. The number of carbonyl (C=O) groups excluding carboxylic acids is 2. The molecule has 4 aromatic heterocycles. The molecular formula is C54H61Cl3N9O12S4+. The van der Waals surface area contributed by atoms with E-state index in [0.717, 1.165) is 47.3 Å². The van der Waals surface area contributed by atoms with Gasteiger partial charge in [0.2, 0.25) is 11.6 Å². The van der Waals surface area contributed by atoms with Gasteiger partial charge in [0.25, 0.3) is 0 Å². The number of benzene rings is 2. The first-order valence-electron chi connectivity index (χ1n) is 26.2. The topological polar surface area (TPSA) is 326 Å². The Bertz CT molecular complexity index is 3620. The second kappa shape index (κ2) is 24.8. The van der Waals surface area contributed by atoms with Crippen molar-refractivity contribution in [2.75, 3.05) is 30.4 Å². The van der Waals surface area contributed by atoms with Gasteiger partial charge >= 0.3 is 26.7 Å². The van der Waals surface area contributed by atoms with Gasteiger partial charge in [0, 0.05) is 69.8 Å². The van der Waals surface area contributed by atoms with Gasteiger partial charge in [-0.2, -0.15) is 21.6 Å². The van der Waals surface area contributed by atoms with Gasteiger partial charge in [-0.05, 0) is 130 Å². The van der Waals surface area contributed by atoms with Crippen molar-refractivity contribution in [2.24, 2.45) is 22.1 Å². The minimum absolute atomic E-state index is 0.155. The third kappa shape index (κ3) is 13.7. The summed E-state index contributed by atoms with van der Waals surface area (Å²) in [7, 11) is -8.24. The van der Waals surface area contributed by atoms with Gasteiger partial charge in [-0.25, -0.2) is 34.7 Å². The highest BCUT2D eigenvalue weighted by molar-refractivity contribution is 7.84. The van der Waals surface area contributed by atoms with Gasteiger partial charge in [0.05, 0.1) is 52.8 Å². The van der Waals surface area contributed by atoms with Crippen LogP contribution in [-0.2, 0) is 41.8 Å². The Morgan fingerprint density at radius 1 is 0.732 bits per heavy atom. The third-order valence-electron chi connectivity index (χ3n) is 15.8. The first-order valence-corrected chi connectivity index (χ1v) is 32.0. The van der Waals surface area contributed by atoms with Crippen LogP contribution in [0.4, 0.5) is 16.4 Å². The number of anilines is 2. The number of nitrogens with zero attached hydrogens (tertiary/aromatic N) is 5. The maximum Gasteiger partial charge on any atom is 0.514 e. The molecule has 5 heterocycles. The molecule has 82 heavy (non-hydrogen) atoms. The number of aliphatic hydroxyl groups excluding tert-OH is 2. The lowest BCUT2D eigenvalue weighted by Gasteiger charge is -2.51. The third-order valence-corrected chi connectivity index (χ3v) is 19.6. The van der Waals surface area contributed by atoms with Crippen LogP contribution in [-0.4, -0.2) is 124 Å². The highest BCUT2D eigenvalue weighted by Gasteiger charge is 2.58. The van der Waals surface area contributed by atoms with Gasteiger partial charge in [0.15, 0.2) is 6.04 Å². The molecule has 1 aliphatic heterocycles. The average molecular weight is 1260 g/mol. The van der Waals surface area contributed by atoms with E-state index in [0.29, 0.717) is 64.1 Å². The predicted octanol–water partition coefficient (Wildman–Crippen LogP) is 8.45. The SMILES string of the molecule is CC(C)(C)[N+]1(C(=O)O)CCc2ccc(Cl)cc2C1c1cc(C(=O)c2cncnc2N[C@@H]2C[C@H](COS(N)(=O)=O)[C@@H](O)C2)sc1Cl.NS(=O)(=O)OC[C@H]1C[C@@H](Nc2ncncc2C(=O)c2cc([C@H]3CCCc4ccc(Cl)cc43)cs2)C[C@@H]1O. The number of nitrogens with two attached hydrogens (primary N) is 2. The van der Waals surface area contributed by atoms with Crippen LogP contribution in [0.5, 0.6) is 0 Å². The molecule has 0 radical (unpaired) electrons. The van der Waals surface area contributed by atoms with Crippen LogP contribution in [0.25, 0.3) is 0 Å². The van der Waals surface area contributed by atoms with Crippen molar-refractivity contribution < 1.29 is 59.4 Å². The molecule has 28 heteroatoms. The highest BCUT2D eigenvalue weighted by atomic mass is 35.5. The van der Waals surface area contributed by atoms with E-state index < -0.39 is 68.1 Å². The second-order valence-corrected chi connectivity index (χ2v) is 27.9. The van der Waals surface area contributed by atoms with E-state index in [-0.39, 0.29) is 68.5 Å². The van der Waals surface area contributed by atoms with Crippen molar-refractivity contribution >= 4 is 107 Å². The predicted molar refractivity (Wildman–Crippen MR) is 311 cm³/mol. The molecule has 21 nitrogen and oxygen atoms in total. The Morgan fingerprint density at radius 2 is 1.26 bits per heavy atom. The van der Waals surface area contributed by atoms with Crippen LogP contribution in [0, 0.1) is 11.8 Å². The zero-order valence-electron chi connectivity index (χ0n) is 44.6. The molecule has 2 aromatic carbocycles. The number of thiophene rings is 2. The van der Waals surface area contributed by atoms with E-state index in [1.807, 2.05) is 50.4 Å². The van der Waals surface area contributed by atoms with E-state index >= 15 is 0 Å². The molecule has 4 aliphatic rings. The fourth-order valence-electron chi connectivity index (χ4n) is 11.8. The molecule has 438 valence electrons. The number of fused-ring (bicyclic) bond motifs is 2. The number of hydrogen-bond acceptors (Lipinski definition) is 19. The maximum atomic E-state index is 14.0. The number of ketones is 2. The molecule has 1 amide bonds. The number of nitrogens with one attached hydrogen (secondary N) is 2. The number of aromatic nitrogens is 4. The highest BCUT2D eigenvalue weighted by Crippen LogP contribution is 2.51. The summed E-state index contributed by atoms with van der Waals surface area (Å²) in [5.74, 6) is -0.724. The van der Waals surface area contributed by atoms with Crippen LogP contribution >= 0.6 is 57.5 Å². The van der Waals surface area contributed by atoms with Gasteiger partial charge in [-0.3, -0.25) is 18.0 Å². The van der Waals surface area contributed by atoms with Crippen LogP contribution in [0.15, 0.2) is 79.0 Å². The second-order valence-electron chi connectivity index (χ2n) is 22.0. The van der Waals surface area contributed by atoms with E-state index in [2.05, 4.69) is 45.0 Å². The van der Waals surface area contributed by atoms with Gasteiger partial charge < -0.3 is 26.0 Å². The van der Waals surface area contributed by atoms with Gasteiger partial charge in [0.1, 0.15) is 34.2 Å². The molecule has 9 N–H and O–H groups in total. The molecule has 6 aromatic rings. The standard InChI is InChI=1S/C29H33Cl2N5O7S2.C25H27ClN4O5S2/c1-29(2,3)36(28(39)40)7-6-15-4-5-17(30)9-19(15)24(36)20-11-23(44-26(20)31)25(38)21-12-33-14-34-27(21)35-18-8-16(22(37)10-18)13-43-45(32,41)42;26-17-5-4-14-2-1-3-19(20(14)8-17)16-7-23(36-12-16)24(32)21-10-28-13-29-25(21)30-18-6-15(22(31)9-18)11-35-37(27,33)34/h4-5,9,11-12,14,16,18,22,24,37H,6-8,10,13H2,1-3H3,(H3-,32,33,34,35,38,39,40,41,42);4-5,7-8,10,12-13,15,18-19,22,31H,1-3,6,9,11H2,(H2,27,33,34)(H,28,29,30)/p+1/t16-,18-,22+,24?,36?;15-,18-,19-,22+/m11/s1. The number of carboxylic acid groups (broad SMARTS) is 1. The van der Waals surface area contributed by atoms with Crippen molar-refractivity contribution in [3.8, 4) is 0 Å². The molecule has 0 bridgehead atoms. The molecule has 10 rings (SSSR count). The quantitative estimate of drug-likeness (QED) is 0.0353. The Labute approximate surface area is 497 Å². The monoisotopic (exact) mass is 1260 g/mol. The van der Waals surface area contributed by atoms with Gasteiger partial charge in [-0.1, -0.05) is 46.9 Å². The number of aliphatic hydroxyl groups is 2. The van der Waals surface area contributed by atoms with Crippen molar-refractivity contribution in [1.29, 1.82) is 0 Å². The Morgan fingerprint density at radius 3 is 1.78 bits per heavy atom. The fraction of sp³-hybridized carbons (Fsp3) is 0.426. The molecule has 2 saturated carbocycles. The minimum Gasteiger partial charge on any atom is -0.435 e. The number of hydrogen-bond donors (Lipinski definition) is 7. The van der Waals surface area contributed by atoms with Crippen LogP contribution in [0.3, 0.4) is 0 Å². The van der Waals surface area contributed by atoms with Crippen molar-refractivity contribution in [3.63, 3.8) is 0 Å². The summed E-state index contributed by atoms with van der Waals surface area (Å²) in [5, 5.41) is 51.0. The number of carbonyl (C=O) groups is 3. The maximum absolute atomic E-state index is 14.0. The summed E-state index contributed by atoms with van der Waals surface area (Å²) in [6.45, 7) is 5.46. The number of amides is 1. The summed E-state index contributed by atoms with van der Waals surface area (Å²) >= 11 is 22.0. The Hall–Kier alpha value is -5.10. The van der Waals surface area contributed by atoms with Gasteiger partial charge in [-0.15, -0.1) is 22.7 Å². The molecule has 2 unspecified atom stereocenters. The molecule has 9 atom stereocenters. The summed E-state index contributed by atoms with van der Waals surface area (Å²) in [6.07, 6.45) is 7.88. The normalized spacial score (nSPS) is 24.4. The van der Waals surface area contributed by atoms with Crippen molar-refractivity contribution in [3.05, 3.63) is 148 Å². The summed E-state index contributed by atoms with van der Waals surface area (Å²) in [6, 6.07) is 13.8. The molecule has 0 spiro atoms. The fourth-order valence-corrected chi connectivity index (χ4v) is 15.1. The Kier molecular flexibility index (Phi) is 18.6. The lowest BCUT2D eigenvalue weighted by Crippen LogP contribution is -2.67. The summed E-state index contributed by atoms with van der Waals surface area (Å²) < 4.78 is 53.9. The van der Waals surface area contributed by atoms with Crippen LogP contribution in [0.2, 0.25) is 14.4 Å². The Balaban J connectivity index is 0.000000201. The molecular weight excluding hydrogens is 1200 g/mol. The smallest absolute Gasteiger partial charge is 0.435 e. The number of halogens is 3. The zero-order valence-corrected chi connectivity index (χ0v) is 50.1. The lowest BCUT2D eigenvalue weighted by molar-refractivity contribution is -0.928. The van der Waals surface area contributed by atoms with E-state index in [1.165, 1.54) is 47.5 Å². The van der Waals surface area contributed by atoms with E-state index in [1.54, 1.807) is 18.2 Å². The van der Waals surface area contributed by atoms with Crippen LogP contribution in [0.1, 0.15) is 135 Å². The average Bonchev–Trinajstić information content (AvgIpc) is 1.42. The minimum atomic E-state index is -4.16. The van der Waals surface area contributed by atoms with Crippen molar-refractivity contribution in [2.45, 2.75) is 114 Å². The largest absolute Gasteiger partial charge is 0.514 e. The number of rotatable bonds is 16. The number of quaternary nitrogens is 1. The lowest BCUT2D eigenvalue weighted by atomic mass is 9.80. The zero-order chi connectivity index (χ0) is 59.1. The molecule has 2 fully saturated rings. The summed E-state index contributed by atoms with van der Waals surface area (Å²) in [4.78, 5) is 58.1.